The molecule has 0 aliphatic carbocycles. The summed E-state index contributed by atoms with van der Waals surface area (Å²) in [6, 6.07) is -0.171. The third-order valence-corrected chi connectivity index (χ3v) is 2.42. The van der Waals surface area contributed by atoms with Gasteiger partial charge in [-0.15, -0.1) is 0 Å². The minimum Gasteiger partial charge on any atom is -0.481 e. The number of carbonyl (C=O) groups excluding carboxylic acids is 1. The Labute approximate surface area is 109 Å². The minimum atomic E-state index is -0.791. The second-order valence-electron chi connectivity index (χ2n) is 4.54. The molecule has 0 fully saturated rings. The molecule has 0 aromatic heterocycles. The molecule has 106 valence electrons. The van der Waals surface area contributed by atoms with E-state index in [4.69, 9.17) is 5.11 Å². The number of nitrogens with one attached hydrogen (secondary N) is 2. The van der Waals surface area contributed by atoms with E-state index in [9.17, 15) is 9.59 Å². The van der Waals surface area contributed by atoms with Gasteiger partial charge in [-0.1, -0.05) is 0 Å². The van der Waals surface area contributed by atoms with Crippen LogP contribution >= 0.6 is 0 Å². The van der Waals surface area contributed by atoms with Gasteiger partial charge in [0.05, 0.1) is 0 Å². The first-order chi connectivity index (χ1) is 8.52. The van der Waals surface area contributed by atoms with Crippen molar-refractivity contribution in [2.75, 3.05) is 33.7 Å². The monoisotopic (exact) mass is 259 g/mol. The molecule has 6 nitrogen and oxygen atoms in total. The van der Waals surface area contributed by atoms with E-state index >= 15 is 0 Å². The van der Waals surface area contributed by atoms with E-state index in [0.717, 1.165) is 19.4 Å². The van der Waals surface area contributed by atoms with Crippen LogP contribution in [0.5, 0.6) is 0 Å². The molecule has 2 amide bonds. The fourth-order valence-corrected chi connectivity index (χ4v) is 1.42. The zero-order valence-corrected chi connectivity index (χ0v) is 11.4. The van der Waals surface area contributed by atoms with Gasteiger partial charge < -0.3 is 20.6 Å². The lowest BCUT2D eigenvalue weighted by Crippen LogP contribution is -2.36. The lowest BCUT2D eigenvalue weighted by molar-refractivity contribution is -0.137. The van der Waals surface area contributed by atoms with Crippen LogP contribution in [0.4, 0.5) is 4.79 Å². The van der Waals surface area contributed by atoms with Crippen molar-refractivity contribution in [2.45, 2.75) is 32.1 Å². The normalized spacial score (nSPS) is 10.4. The largest absolute Gasteiger partial charge is 0.481 e. The van der Waals surface area contributed by atoms with Gasteiger partial charge in [-0.25, -0.2) is 4.79 Å². The Morgan fingerprint density at radius 1 is 1.00 bits per heavy atom. The molecule has 0 heterocycles. The van der Waals surface area contributed by atoms with E-state index in [2.05, 4.69) is 15.5 Å². The first-order valence-electron chi connectivity index (χ1n) is 6.40. The average Bonchev–Trinajstić information content (AvgIpc) is 2.27. The summed E-state index contributed by atoms with van der Waals surface area (Å²) in [5.41, 5.74) is 0. The van der Waals surface area contributed by atoms with Gasteiger partial charge in [0, 0.05) is 19.5 Å². The van der Waals surface area contributed by atoms with Crippen LogP contribution in [0.2, 0.25) is 0 Å². The Kier molecular flexibility index (Phi) is 10.0. The Hall–Kier alpha value is -1.30. The molecule has 0 saturated heterocycles. The van der Waals surface area contributed by atoms with Crippen LogP contribution in [-0.4, -0.2) is 55.7 Å². The summed E-state index contributed by atoms with van der Waals surface area (Å²) in [7, 11) is 4.05. The summed E-state index contributed by atoms with van der Waals surface area (Å²) < 4.78 is 0. The number of nitrogens with zero attached hydrogens (tertiary/aromatic N) is 1. The lowest BCUT2D eigenvalue weighted by Gasteiger charge is -2.10. The molecule has 0 radical (unpaired) electrons. The Morgan fingerprint density at radius 3 is 2.06 bits per heavy atom. The third kappa shape index (κ3) is 12.8. The van der Waals surface area contributed by atoms with Crippen LogP contribution in [0.15, 0.2) is 0 Å². The van der Waals surface area contributed by atoms with Crippen LogP contribution in [0.3, 0.4) is 0 Å². The van der Waals surface area contributed by atoms with Crippen LogP contribution in [0.25, 0.3) is 0 Å². The Morgan fingerprint density at radius 2 is 1.56 bits per heavy atom. The van der Waals surface area contributed by atoms with Crippen molar-refractivity contribution in [2.24, 2.45) is 0 Å². The van der Waals surface area contributed by atoms with E-state index in [-0.39, 0.29) is 12.5 Å². The zero-order chi connectivity index (χ0) is 13.8. The van der Waals surface area contributed by atoms with E-state index < -0.39 is 5.97 Å². The highest BCUT2D eigenvalue weighted by atomic mass is 16.4. The predicted octanol–water partition coefficient (Wildman–Crippen LogP) is 0.882. The summed E-state index contributed by atoms with van der Waals surface area (Å²) in [4.78, 5) is 23.6. The highest BCUT2D eigenvalue weighted by Crippen LogP contribution is 1.93. The molecule has 18 heavy (non-hydrogen) atoms. The average molecular weight is 259 g/mol. The molecule has 0 aromatic rings. The number of hydrogen-bond acceptors (Lipinski definition) is 3. The van der Waals surface area contributed by atoms with E-state index in [1.165, 1.54) is 0 Å². The molecular weight excluding hydrogens is 234 g/mol. The van der Waals surface area contributed by atoms with Gasteiger partial charge in [-0.05, 0) is 46.3 Å². The number of amides is 2. The van der Waals surface area contributed by atoms with Gasteiger partial charge in [0.1, 0.15) is 0 Å². The minimum absolute atomic E-state index is 0.161. The van der Waals surface area contributed by atoms with Crippen molar-refractivity contribution in [1.82, 2.24) is 15.5 Å². The maximum atomic E-state index is 11.3. The molecule has 0 aromatic carbocycles. The van der Waals surface area contributed by atoms with Crippen molar-refractivity contribution in [3.63, 3.8) is 0 Å². The SMILES string of the molecule is CN(C)CCCCNC(=O)NCCCCC(=O)O. The van der Waals surface area contributed by atoms with Crippen molar-refractivity contribution in [3.05, 3.63) is 0 Å². The van der Waals surface area contributed by atoms with E-state index in [0.29, 0.717) is 25.9 Å². The number of carboxylic acids is 1. The van der Waals surface area contributed by atoms with Crippen LogP contribution in [0, 0.1) is 0 Å². The summed E-state index contributed by atoms with van der Waals surface area (Å²) >= 11 is 0. The summed E-state index contributed by atoms with van der Waals surface area (Å²) in [5, 5.41) is 13.9. The number of rotatable bonds is 10. The first-order valence-corrected chi connectivity index (χ1v) is 6.40. The second-order valence-corrected chi connectivity index (χ2v) is 4.54. The standard InChI is InChI=1S/C12H25N3O3/c1-15(2)10-6-5-9-14-12(18)13-8-4-3-7-11(16)17/h3-10H2,1-2H3,(H,16,17)(H2,13,14,18). The van der Waals surface area contributed by atoms with Crippen molar-refractivity contribution < 1.29 is 14.7 Å². The molecular formula is C12H25N3O3. The van der Waals surface area contributed by atoms with Crippen molar-refractivity contribution in [1.29, 1.82) is 0 Å². The summed E-state index contributed by atoms with van der Waals surface area (Å²) in [6.07, 6.45) is 3.48. The molecule has 0 aliphatic heterocycles. The molecule has 0 bridgehead atoms. The molecule has 0 unspecified atom stereocenters. The maximum Gasteiger partial charge on any atom is 0.314 e. The van der Waals surface area contributed by atoms with E-state index in [1.54, 1.807) is 0 Å². The summed E-state index contributed by atoms with van der Waals surface area (Å²) in [6.45, 7) is 2.23. The maximum absolute atomic E-state index is 11.3. The topological polar surface area (TPSA) is 81.7 Å². The van der Waals surface area contributed by atoms with Gasteiger partial charge in [-0.3, -0.25) is 4.79 Å². The van der Waals surface area contributed by atoms with Gasteiger partial charge in [-0.2, -0.15) is 0 Å². The third-order valence-electron chi connectivity index (χ3n) is 2.42. The number of carbonyl (C=O) groups is 2. The smallest absolute Gasteiger partial charge is 0.314 e. The quantitative estimate of drug-likeness (QED) is 0.509. The van der Waals surface area contributed by atoms with Crippen molar-refractivity contribution >= 4 is 12.0 Å². The van der Waals surface area contributed by atoms with E-state index in [1.807, 2.05) is 14.1 Å². The molecule has 0 saturated carbocycles. The fraction of sp³-hybridized carbons (Fsp3) is 0.833. The number of unbranched alkanes of at least 4 members (excludes halogenated alkanes) is 2. The van der Waals surface area contributed by atoms with Crippen LogP contribution in [0.1, 0.15) is 32.1 Å². The summed E-state index contributed by atoms with van der Waals surface area (Å²) in [5.74, 6) is -0.791. The van der Waals surface area contributed by atoms with Gasteiger partial charge in [0.2, 0.25) is 0 Å². The molecule has 6 heteroatoms. The number of carboxylic acid groups (broad SMARTS) is 1. The van der Waals surface area contributed by atoms with Crippen molar-refractivity contribution in [3.8, 4) is 0 Å². The molecule has 0 rings (SSSR count). The molecule has 0 atom stereocenters. The molecule has 3 N–H and O–H groups in total. The number of hydrogen-bond donors (Lipinski definition) is 3. The van der Waals surface area contributed by atoms with Crippen LogP contribution < -0.4 is 10.6 Å². The van der Waals surface area contributed by atoms with Gasteiger partial charge in [0.15, 0.2) is 0 Å². The number of aliphatic carboxylic acids is 1. The fourth-order valence-electron chi connectivity index (χ4n) is 1.42. The number of urea groups is 1. The Balaban J connectivity index is 3.25. The zero-order valence-electron chi connectivity index (χ0n) is 11.4. The first kappa shape index (κ1) is 16.7. The lowest BCUT2D eigenvalue weighted by atomic mass is 10.2. The van der Waals surface area contributed by atoms with Gasteiger partial charge in [0.25, 0.3) is 0 Å². The molecule has 0 aliphatic rings. The Bertz CT molecular complexity index is 245. The van der Waals surface area contributed by atoms with Gasteiger partial charge >= 0.3 is 12.0 Å². The molecule has 0 spiro atoms. The predicted molar refractivity (Wildman–Crippen MR) is 70.7 cm³/mol. The highest BCUT2D eigenvalue weighted by Gasteiger charge is 2.00. The second kappa shape index (κ2) is 10.8. The highest BCUT2D eigenvalue weighted by molar-refractivity contribution is 5.73. The van der Waals surface area contributed by atoms with Crippen LogP contribution in [-0.2, 0) is 4.79 Å².